The molecule has 0 spiro atoms. The third-order valence-corrected chi connectivity index (χ3v) is 7.23. The van der Waals surface area contributed by atoms with Crippen LogP contribution in [-0.2, 0) is 22.5 Å². The molecule has 0 radical (unpaired) electrons. The van der Waals surface area contributed by atoms with Crippen LogP contribution >= 0.6 is 35.3 Å². The van der Waals surface area contributed by atoms with Crippen LogP contribution in [0.25, 0.3) is 0 Å². The number of nitrogens with one attached hydrogen (secondary N) is 2. The fraction of sp³-hybridized carbons (Fsp3) is 0.727. The third kappa shape index (κ3) is 7.09. The summed E-state index contributed by atoms with van der Waals surface area (Å²) >= 11 is 1.80. The van der Waals surface area contributed by atoms with Gasteiger partial charge in [-0.3, -0.25) is 9.79 Å². The van der Waals surface area contributed by atoms with Gasteiger partial charge >= 0.3 is 0 Å². The van der Waals surface area contributed by atoms with E-state index in [1.165, 1.54) is 36.1 Å². The second-order valence-electron chi connectivity index (χ2n) is 8.26. The molecule has 2 heterocycles. The SMILES string of the molecule is CCNC(=NCC1(CCOC)CCCC1)NCCC(=O)N1CCc2sccc2C1.I. The van der Waals surface area contributed by atoms with Gasteiger partial charge in [0.05, 0.1) is 0 Å². The summed E-state index contributed by atoms with van der Waals surface area (Å²) in [5, 5.41) is 8.82. The molecule has 30 heavy (non-hydrogen) atoms. The molecule has 0 aromatic carbocycles. The maximum atomic E-state index is 12.6. The van der Waals surface area contributed by atoms with E-state index in [-0.39, 0.29) is 35.3 Å². The Morgan fingerprint density at radius 2 is 2.13 bits per heavy atom. The minimum atomic E-state index is 0. The van der Waals surface area contributed by atoms with Crippen LogP contribution in [0, 0.1) is 5.41 Å². The van der Waals surface area contributed by atoms with Gasteiger partial charge in [0, 0.05) is 57.7 Å². The van der Waals surface area contributed by atoms with Gasteiger partial charge in [-0.2, -0.15) is 0 Å². The molecule has 1 aliphatic carbocycles. The number of fused-ring (bicyclic) bond motifs is 1. The molecule has 170 valence electrons. The molecule has 1 aliphatic heterocycles. The zero-order chi connectivity index (χ0) is 20.5. The molecule has 1 amide bonds. The smallest absolute Gasteiger partial charge is 0.224 e. The van der Waals surface area contributed by atoms with Gasteiger partial charge in [-0.25, -0.2) is 0 Å². The first kappa shape index (κ1) is 25.4. The number of amides is 1. The van der Waals surface area contributed by atoms with Crippen LogP contribution < -0.4 is 10.6 Å². The van der Waals surface area contributed by atoms with Gasteiger partial charge in [-0.15, -0.1) is 35.3 Å². The Bertz CT molecular complexity index is 688. The Balaban J connectivity index is 0.00000320. The van der Waals surface area contributed by atoms with E-state index >= 15 is 0 Å². The zero-order valence-electron chi connectivity index (χ0n) is 18.4. The van der Waals surface area contributed by atoms with Gasteiger partial charge in [0.1, 0.15) is 0 Å². The van der Waals surface area contributed by atoms with Crippen molar-refractivity contribution in [3.63, 3.8) is 0 Å². The molecule has 6 nitrogen and oxygen atoms in total. The second-order valence-corrected chi connectivity index (χ2v) is 9.26. The van der Waals surface area contributed by atoms with Crippen molar-refractivity contribution in [1.29, 1.82) is 0 Å². The van der Waals surface area contributed by atoms with Crippen LogP contribution in [0.4, 0.5) is 0 Å². The molecule has 0 unspecified atom stereocenters. The Morgan fingerprint density at radius 3 is 2.87 bits per heavy atom. The molecule has 1 aromatic heterocycles. The summed E-state index contributed by atoms with van der Waals surface area (Å²) in [6.45, 7) is 6.73. The third-order valence-electron chi connectivity index (χ3n) is 6.21. The van der Waals surface area contributed by atoms with E-state index in [1.54, 1.807) is 18.4 Å². The minimum Gasteiger partial charge on any atom is -0.385 e. The summed E-state index contributed by atoms with van der Waals surface area (Å²) in [5.41, 5.74) is 1.59. The number of carbonyl (C=O) groups excluding carboxylic acids is 1. The zero-order valence-corrected chi connectivity index (χ0v) is 21.5. The number of guanidine groups is 1. The van der Waals surface area contributed by atoms with E-state index in [4.69, 9.17) is 9.73 Å². The van der Waals surface area contributed by atoms with E-state index in [2.05, 4.69) is 29.0 Å². The van der Waals surface area contributed by atoms with E-state index in [0.29, 0.717) is 13.0 Å². The Morgan fingerprint density at radius 1 is 1.33 bits per heavy atom. The number of ether oxygens (including phenoxy) is 1. The molecule has 8 heteroatoms. The predicted molar refractivity (Wildman–Crippen MR) is 135 cm³/mol. The monoisotopic (exact) mass is 548 g/mol. The molecule has 1 fully saturated rings. The van der Waals surface area contributed by atoms with E-state index < -0.39 is 0 Å². The molecule has 3 rings (SSSR count). The first-order chi connectivity index (χ1) is 14.2. The van der Waals surface area contributed by atoms with Gasteiger partial charge in [0.25, 0.3) is 0 Å². The fourth-order valence-corrected chi connectivity index (χ4v) is 5.32. The van der Waals surface area contributed by atoms with Crippen LogP contribution in [0.15, 0.2) is 16.4 Å². The first-order valence-corrected chi connectivity index (χ1v) is 11.9. The Kier molecular flexibility index (Phi) is 10.9. The summed E-state index contributed by atoms with van der Waals surface area (Å²) < 4.78 is 5.33. The van der Waals surface area contributed by atoms with Gasteiger partial charge in [0.2, 0.25) is 5.91 Å². The van der Waals surface area contributed by atoms with E-state index in [0.717, 1.165) is 51.6 Å². The normalized spacial score (nSPS) is 17.9. The molecule has 0 bridgehead atoms. The van der Waals surface area contributed by atoms with Gasteiger partial charge < -0.3 is 20.3 Å². The average molecular weight is 549 g/mol. The highest BCUT2D eigenvalue weighted by Crippen LogP contribution is 2.41. The minimum absolute atomic E-state index is 0. The summed E-state index contributed by atoms with van der Waals surface area (Å²) in [6.07, 6.45) is 7.61. The lowest BCUT2D eigenvalue weighted by Gasteiger charge is -2.28. The van der Waals surface area contributed by atoms with Crippen molar-refractivity contribution in [1.82, 2.24) is 15.5 Å². The lowest BCUT2D eigenvalue weighted by atomic mass is 9.83. The highest BCUT2D eigenvalue weighted by atomic mass is 127. The highest BCUT2D eigenvalue weighted by molar-refractivity contribution is 14.0. The van der Waals surface area contributed by atoms with Crippen LogP contribution in [-0.4, -0.2) is 56.7 Å². The Hall–Kier alpha value is -0.870. The van der Waals surface area contributed by atoms with Crippen LogP contribution in [0.2, 0.25) is 0 Å². The quantitative estimate of drug-likeness (QED) is 0.280. The number of hydrogen-bond acceptors (Lipinski definition) is 4. The average Bonchev–Trinajstić information content (AvgIpc) is 3.39. The van der Waals surface area contributed by atoms with E-state index in [9.17, 15) is 4.79 Å². The standard InChI is InChI=1S/C22H36N4O2S.HI/c1-3-23-21(25-17-22(11-14-28-2)9-4-5-10-22)24-12-6-20(27)26-13-7-19-18(16-26)8-15-29-19;/h8,15H,3-7,9-14,16-17H2,1-2H3,(H2,23,24,25);1H. The van der Waals surface area contributed by atoms with Gasteiger partial charge in [-0.05, 0) is 55.0 Å². The number of rotatable bonds is 9. The first-order valence-electron chi connectivity index (χ1n) is 11.0. The maximum Gasteiger partial charge on any atom is 0.224 e. The molecule has 2 aliphatic rings. The second kappa shape index (κ2) is 12.9. The van der Waals surface area contributed by atoms with Crippen molar-refractivity contribution < 1.29 is 9.53 Å². The molecule has 2 N–H and O–H groups in total. The molecule has 1 aromatic rings. The largest absolute Gasteiger partial charge is 0.385 e. The van der Waals surface area contributed by atoms with Gasteiger partial charge in [0.15, 0.2) is 5.96 Å². The summed E-state index contributed by atoms with van der Waals surface area (Å²) in [4.78, 5) is 20.9. The number of hydrogen-bond donors (Lipinski definition) is 2. The van der Waals surface area contributed by atoms with E-state index in [1.807, 2.05) is 4.90 Å². The number of nitrogens with zero attached hydrogens (tertiary/aromatic N) is 2. The van der Waals surface area contributed by atoms with Crippen molar-refractivity contribution in [2.45, 2.75) is 58.4 Å². The fourth-order valence-electron chi connectivity index (χ4n) is 4.43. The number of carbonyl (C=O) groups is 1. The molecule has 1 saturated carbocycles. The van der Waals surface area contributed by atoms with Crippen LogP contribution in [0.3, 0.4) is 0 Å². The summed E-state index contributed by atoms with van der Waals surface area (Å²) in [6, 6.07) is 2.15. The predicted octanol–water partition coefficient (Wildman–Crippen LogP) is 3.79. The number of thiophene rings is 1. The highest BCUT2D eigenvalue weighted by Gasteiger charge is 2.33. The van der Waals surface area contributed by atoms with Crippen molar-refractivity contribution >= 4 is 47.2 Å². The van der Waals surface area contributed by atoms with Crippen molar-refractivity contribution in [3.05, 3.63) is 21.9 Å². The number of methoxy groups -OCH3 is 1. The topological polar surface area (TPSA) is 66.0 Å². The Labute approximate surface area is 202 Å². The van der Waals surface area contributed by atoms with Crippen molar-refractivity contribution in [2.75, 3.05) is 39.9 Å². The molecular weight excluding hydrogens is 511 g/mol. The summed E-state index contributed by atoms with van der Waals surface area (Å²) in [7, 11) is 1.77. The lowest BCUT2D eigenvalue weighted by molar-refractivity contribution is -0.131. The summed E-state index contributed by atoms with van der Waals surface area (Å²) in [5.74, 6) is 1.04. The number of halogens is 1. The lowest BCUT2D eigenvalue weighted by Crippen LogP contribution is -2.41. The maximum absolute atomic E-state index is 12.6. The van der Waals surface area contributed by atoms with Crippen LogP contribution in [0.1, 0.15) is 55.9 Å². The molecular formula is C22H37IN4O2S. The van der Waals surface area contributed by atoms with Crippen molar-refractivity contribution in [3.8, 4) is 0 Å². The number of aliphatic imine (C=N–C) groups is 1. The van der Waals surface area contributed by atoms with Crippen LogP contribution in [0.5, 0.6) is 0 Å². The van der Waals surface area contributed by atoms with Crippen molar-refractivity contribution in [2.24, 2.45) is 10.4 Å². The molecule has 0 atom stereocenters. The van der Waals surface area contributed by atoms with Gasteiger partial charge in [-0.1, -0.05) is 12.8 Å². The molecule has 0 saturated heterocycles.